The van der Waals surface area contributed by atoms with E-state index >= 15 is 0 Å². The lowest BCUT2D eigenvalue weighted by Crippen LogP contribution is -2.31. The molecule has 0 bridgehead atoms. The molecule has 0 saturated heterocycles. The van der Waals surface area contributed by atoms with E-state index in [1.807, 2.05) is 13.8 Å². The lowest BCUT2D eigenvalue weighted by atomic mass is 10.3. The average Bonchev–Trinajstić information content (AvgIpc) is 2.24. The topological polar surface area (TPSA) is 72.9 Å². The number of nitrogens with two attached hydrogens (primary N) is 1. The molecule has 5 nitrogen and oxygen atoms in total. The van der Waals surface area contributed by atoms with Crippen molar-refractivity contribution in [1.29, 1.82) is 0 Å². The SMILES string of the molecule is CCCn1ccnc(NC(C)CN)c1=O. The first-order valence-corrected chi connectivity index (χ1v) is 5.21. The quantitative estimate of drug-likeness (QED) is 0.738. The Morgan fingerprint density at radius 2 is 2.40 bits per heavy atom. The molecule has 1 heterocycles. The predicted molar refractivity (Wildman–Crippen MR) is 60.9 cm³/mol. The summed E-state index contributed by atoms with van der Waals surface area (Å²) in [7, 11) is 0. The number of hydrogen-bond donors (Lipinski definition) is 2. The highest BCUT2D eigenvalue weighted by molar-refractivity contribution is 5.31. The number of aryl methyl sites for hydroxylation is 1. The molecular formula is C10H18N4O. The summed E-state index contributed by atoms with van der Waals surface area (Å²) in [6.07, 6.45) is 4.25. The molecule has 0 radical (unpaired) electrons. The van der Waals surface area contributed by atoms with Gasteiger partial charge in [-0.25, -0.2) is 4.98 Å². The van der Waals surface area contributed by atoms with Gasteiger partial charge in [0.1, 0.15) is 0 Å². The predicted octanol–water partition coefficient (Wildman–Crippen LogP) is 0.412. The standard InChI is InChI=1S/C10H18N4O/c1-3-5-14-6-4-12-9(10(14)15)13-8(2)7-11/h4,6,8H,3,5,7,11H2,1-2H3,(H,12,13). The van der Waals surface area contributed by atoms with Gasteiger partial charge in [-0.1, -0.05) is 6.92 Å². The molecule has 0 amide bonds. The molecule has 0 aromatic carbocycles. The number of hydrogen-bond acceptors (Lipinski definition) is 4. The van der Waals surface area contributed by atoms with Crippen LogP contribution in [0.1, 0.15) is 20.3 Å². The van der Waals surface area contributed by atoms with E-state index in [9.17, 15) is 4.79 Å². The largest absolute Gasteiger partial charge is 0.362 e. The number of aromatic nitrogens is 2. The van der Waals surface area contributed by atoms with Crippen LogP contribution in [0.15, 0.2) is 17.2 Å². The first-order valence-electron chi connectivity index (χ1n) is 5.21. The Hall–Kier alpha value is -1.36. The Morgan fingerprint density at radius 1 is 1.67 bits per heavy atom. The first-order chi connectivity index (χ1) is 7.19. The molecule has 1 unspecified atom stereocenters. The molecule has 1 aromatic heterocycles. The highest BCUT2D eigenvalue weighted by Crippen LogP contribution is 1.96. The first kappa shape index (κ1) is 11.7. The van der Waals surface area contributed by atoms with Gasteiger partial charge in [0, 0.05) is 31.5 Å². The number of nitrogens with one attached hydrogen (secondary N) is 1. The third kappa shape index (κ3) is 3.06. The summed E-state index contributed by atoms with van der Waals surface area (Å²) in [5.41, 5.74) is 5.38. The minimum atomic E-state index is -0.0837. The zero-order valence-corrected chi connectivity index (χ0v) is 9.23. The van der Waals surface area contributed by atoms with E-state index in [4.69, 9.17) is 5.73 Å². The second-order valence-corrected chi connectivity index (χ2v) is 3.56. The van der Waals surface area contributed by atoms with Gasteiger partial charge in [0.15, 0.2) is 5.82 Å². The molecule has 0 aliphatic heterocycles. The fourth-order valence-corrected chi connectivity index (χ4v) is 1.26. The summed E-state index contributed by atoms with van der Waals surface area (Å²) >= 11 is 0. The van der Waals surface area contributed by atoms with E-state index in [1.54, 1.807) is 17.0 Å². The van der Waals surface area contributed by atoms with Gasteiger partial charge in [0.05, 0.1) is 0 Å². The second kappa shape index (κ2) is 5.50. The maximum absolute atomic E-state index is 11.8. The molecule has 0 spiro atoms. The van der Waals surface area contributed by atoms with Crippen LogP contribution in [0.5, 0.6) is 0 Å². The number of anilines is 1. The fraction of sp³-hybridized carbons (Fsp3) is 0.600. The van der Waals surface area contributed by atoms with Gasteiger partial charge in [0.2, 0.25) is 0 Å². The van der Waals surface area contributed by atoms with Crippen molar-refractivity contribution in [2.75, 3.05) is 11.9 Å². The number of rotatable bonds is 5. The van der Waals surface area contributed by atoms with Gasteiger partial charge in [-0.05, 0) is 13.3 Å². The highest BCUT2D eigenvalue weighted by atomic mass is 16.1. The molecule has 1 aromatic rings. The van der Waals surface area contributed by atoms with Crippen LogP contribution >= 0.6 is 0 Å². The Balaban J connectivity index is 2.89. The molecule has 3 N–H and O–H groups in total. The zero-order chi connectivity index (χ0) is 11.3. The average molecular weight is 210 g/mol. The van der Waals surface area contributed by atoms with E-state index in [-0.39, 0.29) is 11.6 Å². The molecule has 0 fully saturated rings. The van der Waals surface area contributed by atoms with Gasteiger partial charge in [-0.2, -0.15) is 0 Å². The van der Waals surface area contributed by atoms with Crippen molar-refractivity contribution < 1.29 is 0 Å². The maximum atomic E-state index is 11.8. The van der Waals surface area contributed by atoms with Crippen molar-refractivity contribution in [2.24, 2.45) is 5.73 Å². The summed E-state index contributed by atoms with van der Waals surface area (Å²) in [6.45, 7) is 5.14. The molecular weight excluding hydrogens is 192 g/mol. The molecule has 15 heavy (non-hydrogen) atoms. The van der Waals surface area contributed by atoms with Crippen molar-refractivity contribution in [3.05, 3.63) is 22.7 Å². The Morgan fingerprint density at radius 3 is 3.00 bits per heavy atom. The molecule has 1 atom stereocenters. The van der Waals surface area contributed by atoms with Crippen LogP contribution in [0, 0.1) is 0 Å². The Kier molecular flexibility index (Phi) is 4.30. The number of nitrogens with zero attached hydrogens (tertiary/aromatic N) is 2. The minimum absolute atomic E-state index is 0.0580. The van der Waals surface area contributed by atoms with E-state index in [0.717, 1.165) is 6.42 Å². The summed E-state index contributed by atoms with van der Waals surface area (Å²) < 4.78 is 1.65. The maximum Gasteiger partial charge on any atom is 0.293 e. The van der Waals surface area contributed by atoms with Crippen molar-refractivity contribution in [2.45, 2.75) is 32.9 Å². The highest BCUT2D eigenvalue weighted by Gasteiger charge is 2.06. The molecule has 84 valence electrons. The molecule has 5 heteroatoms. The smallest absolute Gasteiger partial charge is 0.293 e. The summed E-state index contributed by atoms with van der Waals surface area (Å²) in [6, 6.07) is 0.0580. The van der Waals surface area contributed by atoms with Crippen LogP contribution in [0.2, 0.25) is 0 Å². The minimum Gasteiger partial charge on any atom is -0.362 e. The van der Waals surface area contributed by atoms with Crippen molar-refractivity contribution in [1.82, 2.24) is 9.55 Å². The van der Waals surface area contributed by atoms with E-state index in [2.05, 4.69) is 10.3 Å². The van der Waals surface area contributed by atoms with Gasteiger partial charge in [-0.15, -0.1) is 0 Å². The fourth-order valence-electron chi connectivity index (χ4n) is 1.26. The summed E-state index contributed by atoms with van der Waals surface area (Å²) in [5, 5.41) is 2.99. The van der Waals surface area contributed by atoms with Crippen LogP contribution in [-0.4, -0.2) is 22.1 Å². The molecule has 0 aliphatic rings. The lowest BCUT2D eigenvalue weighted by molar-refractivity contribution is 0.647. The van der Waals surface area contributed by atoms with Crippen LogP contribution in [0.25, 0.3) is 0 Å². The van der Waals surface area contributed by atoms with Gasteiger partial charge in [0.25, 0.3) is 5.56 Å². The third-order valence-electron chi connectivity index (χ3n) is 2.11. The summed E-state index contributed by atoms with van der Waals surface area (Å²) in [5.74, 6) is 0.379. The van der Waals surface area contributed by atoms with Crippen molar-refractivity contribution in [3.63, 3.8) is 0 Å². The van der Waals surface area contributed by atoms with Crippen LogP contribution in [0.3, 0.4) is 0 Å². The Labute approximate surface area is 89.3 Å². The molecule has 0 aliphatic carbocycles. The third-order valence-corrected chi connectivity index (χ3v) is 2.11. The van der Waals surface area contributed by atoms with E-state index in [1.165, 1.54) is 0 Å². The van der Waals surface area contributed by atoms with Gasteiger partial charge < -0.3 is 15.6 Å². The lowest BCUT2D eigenvalue weighted by Gasteiger charge is -2.12. The molecule has 0 saturated carbocycles. The van der Waals surface area contributed by atoms with E-state index < -0.39 is 0 Å². The molecule has 1 rings (SSSR count). The van der Waals surface area contributed by atoms with Crippen molar-refractivity contribution in [3.8, 4) is 0 Å². The van der Waals surface area contributed by atoms with Crippen LogP contribution in [-0.2, 0) is 6.54 Å². The second-order valence-electron chi connectivity index (χ2n) is 3.56. The summed E-state index contributed by atoms with van der Waals surface area (Å²) in [4.78, 5) is 15.8. The van der Waals surface area contributed by atoms with E-state index in [0.29, 0.717) is 18.9 Å². The van der Waals surface area contributed by atoms with Crippen LogP contribution < -0.4 is 16.6 Å². The van der Waals surface area contributed by atoms with Crippen LogP contribution in [0.4, 0.5) is 5.82 Å². The Bertz CT molecular complexity index is 361. The normalized spacial score (nSPS) is 12.5. The van der Waals surface area contributed by atoms with Crippen molar-refractivity contribution >= 4 is 5.82 Å². The zero-order valence-electron chi connectivity index (χ0n) is 9.23. The van der Waals surface area contributed by atoms with Gasteiger partial charge >= 0.3 is 0 Å². The monoisotopic (exact) mass is 210 g/mol. The van der Waals surface area contributed by atoms with Gasteiger partial charge in [-0.3, -0.25) is 4.79 Å².